The molecule has 0 radical (unpaired) electrons. The first-order chi connectivity index (χ1) is 35.0. The van der Waals surface area contributed by atoms with Crippen molar-refractivity contribution >= 4 is 32.8 Å². The summed E-state index contributed by atoms with van der Waals surface area (Å²) in [6.45, 7) is 13.3. The van der Waals surface area contributed by atoms with E-state index in [0.29, 0.717) is 22.7 Å². The minimum absolute atomic E-state index is 0.0425. The number of nitrogens with zero attached hydrogens (tertiary/aromatic N) is 4. The minimum Gasteiger partial charge on any atom is -0.458 e. The van der Waals surface area contributed by atoms with Crippen LogP contribution in [0.3, 0.4) is 0 Å². The van der Waals surface area contributed by atoms with Gasteiger partial charge in [-0.05, 0) is 116 Å². The fourth-order valence-electron chi connectivity index (χ4n) is 9.43. The van der Waals surface area contributed by atoms with Gasteiger partial charge in [0, 0.05) is 23.0 Å². The molecule has 11 aromatic rings. The second-order valence-corrected chi connectivity index (χ2v) is 19.8. The molecular weight excluding hydrogens is 829 g/mol. The molecule has 332 valence electrons. The summed E-state index contributed by atoms with van der Waals surface area (Å²) in [6, 6.07) is 55.9. The Labute approximate surface area is 406 Å². The van der Waals surface area contributed by atoms with Crippen molar-refractivity contribution in [3.63, 3.8) is 0 Å². The Morgan fingerprint density at radius 2 is 1.31 bits per heavy atom. The molecule has 8 aromatic carbocycles. The Morgan fingerprint density at radius 3 is 2.12 bits per heavy atom. The van der Waals surface area contributed by atoms with Crippen molar-refractivity contribution in [2.45, 2.75) is 53.4 Å². The van der Waals surface area contributed by atoms with Crippen LogP contribution in [0.15, 0.2) is 206 Å². The number of ether oxygens (including phenoxy) is 1. The van der Waals surface area contributed by atoms with Crippen LogP contribution in [0.25, 0.3) is 83.4 Å². The van der Waals surface area contributed by atoms with Gasteiger partial charge >= 0.3 is 0 Å². The van der Waals surface area contributed by atoms with E-state index in [0.717, 1.165) is 73.0 Å². The van der Waals surface area contributed by atoms with Gasteiger partial charge in [-0.1, -0.05) is 181 Å². The largest absolute Gasteiger partial charge is 0.458 e. The first-order valence-corrected chi connectivity index (χ1v) is 23.2. The Bertz CT molecular complexity index is 3930. The molecular formula is C63H54N4O. The standard InChI is InChI=1S/C63H54N4O/c1-62(2,3)41-43-18-15-23-47(36-43)53-27-17-26-52(45-21-11-8-12-22-45)61(53)66-42-65(57-28-13-14-29-58(57)66)49-24-16-25-50(39-49)68-51-31-32-54-55-37-46(44-19-9-7-10-20-44)30-33-56(55)67(59(54)40-51)60-38-48(34-35-64-60)63(4,5)6/h7-40H,41H2,1-6H3/i8D,11D,12D,21D,22D. The second kappa shape index (κ2) is 17.0. The fraction of sp³-hybridized carbons (Fsp3) is 0.143. The van der Waals surface area contributed by atoms with Crippen LogP contribution in [0.5, 0.6) is 11.5 Å². The highest BCUT2D eigenvalue weighted by molar-refractivity contribution is 6.10. The zero-order valence-electron chi connectivity index (χ0n) is 44.1. The van der Waals surface area contributed by atoms with E-state index in [2.05, 4.69) is 143 Å². The van der Waals surface area contributed by atoms with Crippen LogP contribution in [-0.2, 0) is 11.8 Å². The van der Waals surface area contributed by atoms with Gasteiger partial charge in [-0.2, -0.15) is 0 Å². The Kier molecular flexibility index (Phi) is 9.28. The number of hydrogen-bond acceptors (Lipinski definition) is 2. The van der Waals surface area contributed by atoms with Crippen molar-refractivity contribution in [2.75, 3.05) is 0 Å². The Morgan fingerprint density at radius 1 is 0.574 bits per heavy atom. The highest BCUT2D eigenvalue weighted by atomic mass is 16.5. The summed E-state index contributed by atoms with van der Waals surface area (Å²) < 4.78 is 57.0. The van der Waals surface area contributed by atoms with Crippen LogP contribution < -0.4 is 9.30 Å². The molecule has 0 atom stereocenters. The van der Waals surface area contributed by atoms with Crippen LogP contribution in [-0.4, -0.2) is 14.1 Å². The molecule has 0 saturated heterocycles. The van der Waals surface area contributed by atoms with E-state index < -0.39 is 18.1 Å². The van der Waals surface area contributed by atoms with Crippen LogP contribution in [0.2, 0.25) is 0 Å². The van der Waals surface area contributed by atoms with E-state index in [1.165, 1.54) is 11.1 Å². The lowest BCUT2D eigenvalue weighted by atomic mass is 9.87. The van der Waals surface area contributed by atoms with Crippen molar-refractivity contribution in [3.05, 3.63) is 224 Å². The SMILES string of the molecule is [2H]c1c([2H])c([2H])c(-c2cccc(-c3cccc(CC(C)(C)C)c3)c2-[n+]2[c-]n(-c3cccc(Oc4ccc5c6cc(-c7ccccc7)ccc6n(-c6cc(C(C)(C)C)ccn6)c5c4)c3)c3ccccc32)c([2H])c1[2H]. The highest BCUT2D eigenvalue weighted by Crippen LogP contribution is 2.39. The number of benzene rings is 8. The summed E-state index contributed by atoms with van der Waals surface area (Å²) in [5.74, 6) is 2.11. The van der Waals surface area contributed by atoms with E-state index in [1.807, 2.05) is 94.2 Å². The van der Waals surface area contributed by atoms with Gasteiger partial charge in [0.1, 0.15) is 17.3 Å². The van der Waals surface area contributed by atoms with Gasteiger partial charge in [-0.3, -0.25) is 13.7 Å². The first-order valence-electron chi connectivity index (χ1n) is 25.7. The van der Waals surface area contributed by atoms with E-state index >= 15 is 0 Å². The summed E-state index contributed by atoms with van der Waals surface area (Å²) in [5, 5.41) is 2.20. The van der Waals surface area contributed by atoms with Crippen LogP contribution >= 0.6 is 0 Å². The zero-order valence-corrected chi connectivity index (χ0v) is 39.1. The maximum atomic E-state index is 9.14. The van der Waals surface area contributed by atoms with Gasteiger partial charge in [0.25, 0.3) is 6.33 Å². The third-order valence-electron chi connectivity index (χ3n) is 12.6. The molecule has 3 aromatic heterocycles. The van der Waals surface area contributed by atoms with Crippen LogP contribution in [0, 0.1) is 11.7 Å². The molecule has 0 aliphatic rings. The monoisotopic (exact) mass is 887 g/mol. The van der Waals surface area contributed by atoms with Gasteiger partial charge in [-0.25, -0.2) is 4.98 Å². The second-order valence-electron chi connectivity index (χ2n) is 19.8. The zero-order chi connectivity index (χ0) is 50.9. The molecule has 0 aliphatic heterocycles. The lowest BCUT2D eigenvalue weighted by molar-refractivity contribution is -0.571. The molecule has 0 fully saturated rings. The van der Waals surface area contributed by atoms with E-state index in [1.54, 1.807) is 0 Å². The van der Waals surface area contributed by atoms with E-state index in [4.69, 9.17) is 16.6 Å². The summed E-state index contributed by atoms with van der Waals surface area (Å²) in [4.78, 5) is 4.94. The molecule has 5 nitrogen and oxygen atoms in total. The molecule has 0 bridgehead atoms. The van der Waals surface area contributed by atoms with Crippen LogP contribution in [0.1, 0.15) is 59.5 Å². The first kappa shape index (κ1) is 37.1. The van der Waals surface area contributed by atoms with Gasteiger partial charge in [0.2, 0.25) is 0 Å². The fourth-order valence-corrected chi connectivity index (χ4v) is 9.43. The number of imidazole rings is 1. The molecule has 11 rings (SSSR count). The van der Waals surface area contributed by atoms with Gasteiger partial charge < -0.3 is 4.74 Å². The number of para-hydroxylation sites is 3. The number of aromatic nitrogens is 4. The number of hydrogen-bond donors (Lipinski definition) is 0. The topological polar surface area (TPSA) is 35.9 Å². The Hall–Kier alpha value is -8.02. The predicted octanol–water partition coefficient (Wildman–Crippen LogP) is 15.9. The van der Waals surface area contributed by atoms with Crippen LogP contribution in [0.4, 0.5) is 0 Å². The van der Waals surface area contributed by atoms with Crippen molar-refractivity contribution in [3.8, 4) is 62.1 Å². The average molecular weight is 888 g/mol. The van der Waals surface area contributed by atoms with Gasteiger partial charge in [0.15, 0.2) is 0 Å². The Balaban J connectivity index is 1.05. The lowest BCUT2D eigenvalue weighted by Gasteiger charge is -2.20. The van der Waals surface area contributed by atoms with Crippen molar-refractivity contribution < 1.29 is 16.2 Å². The molecule has 0 amide bonds. The molecule has 0 unspecified atom stereocenters. The third kappa shape index (κ3) is 8.15. The lowest BCUT2D eigenvalue weighted by Crippen LogP contribution is -2.31. The molecule has 0 N–H and O–H groups in total. The summed E-state index contributed by atoms with van der Waals surface area (Å²) in [6.07, 6.45) is 6.42. The molecule has 3 heterocycles. The normalized spacial score (nSPS) is 13.1. The molecule has 5 heteroatoms. The smallest absolute Gasteiger partial charge is 0.269 e. The van der Waals surface area contributed by atoms with Gasteiger partial charge in [-0.15, -0.1) is 0 Å². The summed E-state index contributed by atoms with van der Waals surface area (Å²) in [5.41, 5.74) is 12.1. The molecule has 0 saturated carbocycles. The van der Waals surface area contributed by atoms with E-state index in [9.17, 15) is 0 Å². The molecule has 0 spiro atoms. The maximum Gasteiger partial charge on any atom is 0.269 e. The van der Waals surface area contributed by atoms with E-state index in [-0.39, 0.29) is 28.5 Å². The molecule has 0 aliphatic carbocycles. The predicted molar refractivity (Wildman–Crippen MR) is 280 cm³/mol. The number of pyridine rings is 1. The quantitative estimate of drug-likeness (QED) is 0.107. The van der Waals surface area contributed by atoms with Crippen molar-refractivity contribution in [1.82, 2.24) is 14.1 Å². The third-order valence-corrected chi connectivity index (χ3v) is 12.6. The van der Waals surface area contributed by atoms with Crippen molar-refractivity contribution in [2.24, 2.45) is 5.41 Å². The van der Waals surface area contributed by atoms with Crippen molar-refractivity contribution in [1.29, 1.82) is 0 Å². The summed E-state index contributed by atoms with van der Waals surface area (Å²) in [7, 11) is 0. The average Bonchev–Trinajstić information content (AvgIpc) is 3.93. The number of rotatable bonds is 9. The highest BCUT2D eigenvalue weighted by Gasteiger charge is 2.22. The molecule has 68 heavy (non-hydrogen) atoms. The minimum atomic E-state index is -0.438. The number of fused-ring (bicyclic) bond motifs is 4. The summed E-state index contributed by atoms with van der Waals surface area (Å²) >= 11 is 0. The maximum absolute atomic E-state index is 9.14. The van der Waals surface area contributed by atoms with Gasteiger partial charge in [0.05, 0.1) is 40.3 Å².